The molecule has 0 aromatic heterocycles. The predicted octanol–water partition coefficient (Wildman–Crippen LogP) is 2.03. The summed E-state index contributed by atoms with van der Waals surface area (Å²) in [5, 5.41) is 0. The number of piperidine rings is 1. The lowest BCUT2D eigenvalue weighted by Gasteiger charge is -2.32. The van der Waals surface area contributed by atoms with Gasteiger partial charge in [-0.05, 0) is 25.9 Å². The Balaban J connectivity index is 1.44. The maximum atomic E-state index is 12.4. The molecule has 0 aliphatic carbocycles. The number of likely N-dealkylation sites (tertiary alicyclic amines) is 1. The molecule has 0 unspecified atom stereocenters. The monoisotopic (exact) mass is 302 g/mol. The molecule has 0 radical (unpaired) electrons. The number of ketones is 1. The van der Waals surface area contributed by atoms with Crippen molar-refractivity contribution in [2.45, 2.75) is 12.8 Å². The lowest BCUT2D eigenvalue weighted by molar-refractivity contribution is 0.0834. The molecule has 0 N–H and O–H groups in total. The van der Waals surface area contributed by atoms with E-state index in [1.54, 1.807) is 4.90 Å². The van der Waals surface area contributed by atoms with E-state index in [1.165, 1.54) is 0 Å². The average molecular weight is 302 g/mol. The lowest BCUT2D eigenvalue weighted by Crippen LogP contribution is -2.41. The molecule has 22 heavy (non-hydrogen) atoms. The van der Waals surface area contributed by atoms with Crippen LogP contribution in [0.2, 0.25) is 0 Å². The Morgan fingerprint density at radius 3 is 2.45 bits per heavy atom. The highest BCUT2D eigenvalue weighted by molar-refractivity contribution is 5.97. The first-order valence-corrected chi connectivity index (χ1v) is 7.97. The van der Waals surface area contributed by atoms with Gasteiger partial charge < -0.3 is 14.5 Å². The van der Waals surface area contributed by atoms with Gasteiger partial charge in [-0.1, -0.05) is 30.3 Å². The molecule has 1 aromatic rings. The molecule has 3 rings (SSSR count). The van der Waals surface area contributed by atoms with Crippen LogP contribution in [0.5, 0.6) is 0 Å². The van der Waals surface area contributed by atoms with E-state index < -0.39 is 0 Å². The molecule has 5 heteroatoms. The second-order valence-electron chi connectivity index (χ2n) is 5.95. The zero-order valence-electron chi connectivity index (χ0n) is 12.7. The molecule has 118 valence electrons. The minimum Gasteiger partial charge on any atom is -0.448 e. The number of Topliss-reactive ketones (excluding diaryl/α,β-unsaturated/α-hetero) is 1. The second kappa shape index (κ2) is 6.92. The van der Waals surface area contributed by atoms with Crippen LogP contribution in [0.25, 0.3) is 0 Å². The standard InChI is InChI=1S/C17H22N2O3/c20-16(14-4-2-1-3-5-14)15-6-8-18(9-7-15)10-11-19-12-13-22-17(19)21/h1-5,15H,6-13H2. The van der Waals surface area contributed by atoms with Crippen molar-refractivity contribution >= 4 is 11.9 Å². The van der Waals surface area contributed by atoms with Crippen molar-refractivity contribution in [1.82, 2.24) is 9.80 Å². The zero-order chi connectivity index (χ0) is 15.4. The first-order valence-electron chi connectivity index (χ1n) is 7.97. The fourth-order valence-electron chi connectivity index (χ4n) is 3.15. The number of cyclic esters (lactones) is 1. The quantitative estimate of drug-likeness (QED) is 0.781. The first kappa shape index (κ1) is 15.0. The molecule has 0 atom stereocenters. The third-order valence-corrected chi connectivity index (χ3v) is 4.55. The van der Waals surface area contributed by atoms with Crippen molar-refractivity contribution < 1.29 is 14.3 Å². The molecule has 5 nitrogen and oxygen atoms in total. The molecule has 2 heterocycles. The fraction of sp³-hybridized carbons (Fsp3) is 0.529. The summed E-state index contributed by atoms with van der Waals surface area (Å²) in [5.74, 6) is 0.402. The number of carbonyl (C=O) groups excluding carboxylic acids is 2. The van der Waals surface area contributed by atoms with Crippen LogP contribution < -0.4 is 0 Å². The van der Waals surface area contributed by atoms with Gasteiger partial charge in [0, 0.05) is 24.6 Å². The summed E-state index contributed by atoms with van der Waals surface area (Å²) >= 11 is 0. The van der Waals surface area contributed by atoms with Gasteiger partial charge in [0.25, 0.3) is 0 Å². The number of carbonyl (C=O) groups is 2. The molecule has 1 aromatic carbocycles. The van der Waals surface area contributed by atoms with E-state index in [0.29, 0.717) is 13.2 Å². The minimum absolute atomic E-state index is 0.135. The van der Waals surface area contributed by atoms with Crippen molar-refractivity contribution in [2.75, 3.05) is 39.3 Å². The Kier molecular flexibility index (Phi) is 4.73. The number of rotatable bonds is 5. The minimum atomic E-state index is -0.200. The smallest absolute Gasteiger partial charge is 0.409 e. The van der Waals surface area contributed by atoms with Crippen LogP contribution in [0.15, 0.2) is 30.3 Å². The van der Waals surface area contributed by atoms with Crippen molar-refractivity contribution in [1.29, 1.82) is 0 Å². The van der Waals surface area contributed by atoms with Crippen molar-refractivity contribution in [3.05, 3.63) is 35.9 Å². The summed E-state index contributed by atoms with van der Waals surface area (Å²) in [6.07, 6.45) is 1.60. The molecule has 2 saturated heterocycles. The zero-order valence-corrected chi connectivity index (χ0v) is 12.7. The highest BCUT2D eigenvalue weighted by atomic mass is 16.6. The second-order valence-corrected chi connectivity index (χ2v) is 5.95. The molecule has 0 saturated carbocycles. The summed E-state index contributed by atoms with van der Waals surface area (Å²) in [6.45, 7) is 4.63. The molecule has 2 aliphatic heterocycles. The summed E-state index contributed by atoms with van der Waals surface area (Å²) in [7, 11) is 0. The average Bonchev–Trinajstić information content (AvgIpc) is 2.99. The molecular formula is C17H22N2O3. The van der Waals surface area contributed by atoms with Gasteiger partial charge in [-0.15, -0.1) is 0 Å². The predicted molar refractivity (Wildman–Crippen MR) is 82.9 cm³/mol. The van der Waals surface area contributed by atoms with Crippen LogP contribution in [0.4, 0.5) is 4.79 Å². The van der Waals surface area contributed by atoms with E-state index in [4.69, 9.17) is 4.74 Å². The van der Waals surface area contributed by atoms with Gasteiger partial charge in [0.15, 0.2) is 5.78 Å². The van der Waals surface area contributed by atoms with Gasteiger partial charge in [-0.3, -0.25) is 4.79 Å². The molecule has 0 bridgehead atoms. The molecule has 0 spiro atoms. The van der Waals surface area contributed by atoms with Crippen molar-refractivity contribution in [2.24, 2.45) is 5.92 Å². The van der Waals surface area contributed by atoms with Gasteiger partial charge in [-0.2, -0.15) is 0 Å². The van der Waals surface area contributed by atoms with Gasteiger partial charge >= 0.3 is 6.09 Å². The van der Waals surface area contributed by atoms with E-state index in [9.17, 15) is 9.59 Å². The Labute approximate surface area is 130 Å². The number of hydrogen-bond acceptors (Lipinski definition) is 4. The lowest BCUT2D eigenvalue weighted by atomic mass is 9.89. The maximum absolute atomic E-state index is 12.4. The van der Waals surface area contributed by atoms with E-state index in [-0.39, 0.29) is 17.8 Å². The van der Waals surface area contributed by atoms with Crippen LogP contribution >= 0.6 is 0 Å². The summed E-state index contributed by atoms with van der Waals surface area (Å²) in [4.78, 5) is 27.9. The number of hydrogen-bond donors (Lipinski definition) is 0. The highest BCUT2D eigenvalue weighted by Gasteiger charge is 2.27. The Hall–Kier alpha value is -1.88. The van der Waals surface area contributed by atoms with Gasteiger partial charge in [0.1, 0.15) is 6.61 Å². The first-order chi connectivity index (χ1) is 10.7. The van der Waals surface area contributed by atoms with Crippen LogP contribution in [-0.2, 0) is 4.74 Å². The number of ether oxygens (including phenoxy) is 1. The Morgan fingerprint density at radius 1 is 1.09 bits per heavy atom. The van der Waals surface area contributed by atoms with E-state index in [1.807, 2.05) is 30.3 Å². The number of nitrogens with zero attached hydrogens (tertiary/aromatic N) is 2. The molecule has 2 aliphatic rings. The Morgan fingerprint density at radius 2 is 1.82 bits per heavy atom. The topological polar surface area (TPSA) is 49.9 Å². The van der Waals surface area contributed by atoms with Crippen LogP contribution in [0.3, 0.4) is 0 Å². The van der Waals surface area contributed by atoms with Crippen LogP contribution in [-0.4, -0.2) is 61.0 Å². The number of benzene rings is 1. The van der Waals surface area contributed by atoms with E-state index >= 15 is 0 Å². The van der Waals surface area contributed by atoms with E-state index in [2.05, 4.69) is 4.90 Å². The van der Waals surface area contributed by atoms with Crippen molar-refractivity contribution in [3.8, 4) is 0 Å². The SMILES string of the molecule is O=C(c1ccccc1)C1CCN(CCN2CCOC2=O)CC1. The van der Waals surface area contributed by atoms with Crippen LogP contribution in [0.1, 0.15) is 23.2 Å². The third kappa shape index (κ3) is 3.47. The van der Waals surface area contributed by atoms with Crippen LogP contribution in [0, 0.1) is 5.92 Å². The Bertz CT molecular complexity index is 524. The van der Waals surface area contributed by atoms with Gasteiger partial charge in [0.2, 0.25) is 0 Å². The molecule has 1 amide bonds. The fourth-order valence-corrected chi connectivity index (χ4v) is 3.15. The molecule has 2 fully saturated rings. The normalized spacial score (nSPS) is 20.2. The summed E-state index contributed by atoms with van der Waals surface area (Å²) in [5.41, 5.74) is 0.820. The highest BCUT2D eigenvalue weighted by Crippen LogP contribution is 2.21. The third-order valence-electron chi connectivity index (χ3n) is 4.55. The maximum Gasteiger partial charge on any atom is 0.409 e. The summed E-state index contributed by atoms with van der Waals surface area (Å²) < 4.78 is 4.93. The molecular weight excluding hydrogens is 280 g/mol. The van der Waals surface area contributed by atoms with Crippen molar-refractivity contribution in [3.63, 3.8) is 0 Å². The van der Waals surface area contributed by atoms with Gasteiger partial charge in [0.05, 0.1) is 6.54 Å². The van der Waals surface area contributed by atoms with E-state index in [0.717, 1.165) is 44.6 Å². The van der Waals surface area contributed by atoms with Gasteiger partial charge in [-0.25, -0.2) is 4.79 Å². The summed E-state index contributed by atoms with van der Waals surface area (Å²) in [6, 6.07) is 9.55. The number of amides is 1. The largest absolute Gasteiger partial charge is 0.448 e.